The number of hydrogen-bond donors (Lipinski definition) is 1. The van der Waals surface area contributed by atoms with Crippen LogP contribution < -0.4 is 0 Å². The summed E-state index contributed by atoms with van der Waals surface area (Å²) in [5.41, 5.74) is 1.29. The summed E-state index contributed by atoms with van der Waals surface area (Å²) in [6, 6.07) is 2.08. The molecule has 0 atom stereocenters. The van der Waals surface area contributed by atoms with E-state index in [4.69, 9.17) is 0 Å². The van der Waals surface area contributed by atoms with E-state index in [1.165, 1.54) is 18.4 Å². The number of unbranched alkanes of at least 4 members (excludes halogenated alkanes) is 1. The maximum Gasteiger partial charge on any atom is 0.0401 e. The van der Waals surface area contributed by atoms with E-state index in [1.54, 1.807) is 6.20 Å². The van der Waals surface area contributed by atoms with Crippen LogP contribution in [-0.2, 0) is 6.42 Å². The summed E-state index contributed by atoms with van der Waals surface area (Å²) in [6.07, 6.45) is 7.27. The van der Waals surface area contributed by atoms with Crippen molar-refractivity contribution in [3.05, 3.63) is 24.0 Å². The summed E-state index contributed by atoms with van der Waals surface area (Å²) in [6.45, 7) is 2.19. The van der Waals surface area contributed by atoms with Gasteiger partial charge in [0.25, 0.3) is 0 Å². The third kappa shape index (κ3) is 2.93. The van der Waals surface area contributed by atoms with Gasteiger partial charge in [-0.15, -0.1) is 12.6 Å². The fourth-order valence-electron chi connectivity index (χ4n) is 0.991. The molecule has 0 spiro atoms. The number of pyridine rings is 1. The van der Waals surface area contributed by atoms with E-state index in [2.05, 4.69) is 30.6 Å². The van der Waals surface area contributed by atoms with Gasteiger partial charge in [-0.2, -0.15) is 0 Å². The molecule has 60 valence electrons. The van der Waals surface area contributed by atoms with Crippen molar-refractivity contribution in [1.82, 2.24) is 4.98 Å². The van der Waals surface area contributed by atoms with Crippen molar-refractivity contribution in [3.63, 3.8) is 0 Å². The van der Waals surface area contributed by atoms with Crippen molar-refractivity contribution < 1.29 is 0 Å². The second kappa shape index (κ2) is 4.39. The van der Waals surface area contributed by atoms with Crippen molar-refractivity contribution in [2.45, 2.75) is 31.1 Å². The predicted octanol–water partition coefficient (Wildman–Crippen LogP) is 2.71. The highest BCUT2D eigenvalue weighted by atomic mass is 32.1. The van der Waals surface area contributed by atoms with Gasteiger partial charge >= 0.3 is 0 Å². The Hall–Kier alpha value is -0.500. The highest BCUT2D eigenvalue weighted by molar-refractivity contribution is 7.80. The third-order valence-electron chi connectivity index (χ3n) is 1.60. The second-order valence-electron chi connectivity index (χ2n) is 2.65. The van der Waals surface area contributed by atoms with Crippen LogP contribution in [0.1, 0.15) is 25.3 Å². The Morgan fingerprint density at radius 2 is 2.27 bits per heavy atom. The summed E-state index contributed by atoms with van der Waals surface area (Å²) in [7, 11) is 0. The molecule has 0 fully saturated rings. The monoisotopic (exact) mass is 167 g/mol. The van der Waals surface area contributed by atoms with Crippen molar-refractivity contribution in [2.75, 3.05) is 0 Å². The molecule has 1 nitrogen and oxygen atoms in total. The van der Waals surface area contributed by atoms with Crippen LogP contribution in [0.2, 0.25) is 0 Å². The van der Waals surface area contributed by atoms with Crippen molar-refractivity contribution in [2.24, 2.45) is 0 Å². The van der Waals surface area contributed by atoms with Gasteiger partial charge in [-0.1, -0.05) is 13.3 Å². The normalized spacial score (nSPS) is 10.0. The zero-order valence-corrected chi connectivity index (χ0v) is 7.64. The molecule has 1 heterocycles. The number of hydrogen-bond acceptors (Lipinski definition) is 2. The van der Waals surface area contributed by atoms with Gasteiger partial charge in [0.1, 0.15) is 0 Å². The van der Waals surface area contributed by atoms with Gasteiger partial charge in [-0.25, -0.2) is 0 Å². The lowest BCUT2D eigenvalue weighted by atomic mass is 10.1. The molecule has 0 N–H and O–H groups in total. The highest BCUT2D eigenvalue weighted by Gasteiger charge is 1.92. The first-order chi connectivity index (χ1) is 5.33. The van der Waals surface area contributed by atoms with Crippen molar-refractivity contribution >= 4 is 12.6 Å². The molecule has 1 aromatic heterocycles. The quantitative estimate of drug-likeness (QED) is 0.683. The maximum absolute atomic E-state index is 4.21. The molecule has 0 aromatic carbocycles. The Labute approximate surface area is 73.3 Å². The number of thiol groups is 1. The molecule has 11 heavy (non-hydrogen) atoms. The Kier molecular flexibility index (Phi) is 3.43. The number of nitrogens with zero attached hydrogens (tertiary/aromatic N) is 1. The summed E-state index contributed by atoms with van der Waals surface area (Å²) >= 11 is 4.21. The molecule has 0 bridgehead atoms. The van der Waals surface area contributed by atoms with Crippen LogP contribution in [-0.4, -0.2) is 4.98 Å². The number of aryl methyl sites for hydroxylation is 1. The molecule has 0 radical (unpaired) electrons. The molecule has 0 saturated carbocycles. The Balaban J connectivity index is 2.56. The largest absolute Gasteiger partial charge is 0.263 e. The Bertz CT molecular complexity index is 223. The molecular weight excluding hydrogens is 154 g/mol. The smallest absolute Gasteiger partial charge is 0.0401 e. The fourth-order valence-corrected chi connectivity index (χ4v) is 1.22. The first kappa shape index (κ1) is 8.60. The lowest BCUT2D eigenvalue weighted by Crippen LogP contribution is -1.85. The molecule has 0 unspecified atom stereocenters. The molecular formula is C9H13NS. The van der Waals surface area contributed by atoms with Gasteiger partial charge in [0, 0.05) is 17.3 Å². The summed E-state index contributed by atoms with van der Waals surface area (Å²) in [5.74, 6) is 0. The topological polar surface area (TPSA) is 12.9 Å². The maximum atomic E-state index is 4.21. The fraction of sp³-hybridized carbons (Fsp3) is 0.444. The lowest BCUT2D eigenvalue weighted by Gasteiger charge is -1.98. The van der Waals surface area contributed by atoms with Crippen LogP contribution in [0.25, 0.3) is 0 Å². The van der Waals surface area contributed by atoms with E-state index in [0.29, 0.717) is 0 Å². The molecule has 0 aliphatic carbocycles. The Morgan fingerprint density at radius 3 is 2.91 bits per heavy atom. The van der Waals surface area contributed by atoms with E-state index in [0.717, 1.165) is 11.3 Å². The zero-order valence-electron chi connectivity index (χ0n) is 6.75. The molecule has 0 amide bonds. The standard InChI is InChI=1S/C9H13NS/c1-2-3-4-8-5-9(11)7-10-6-8/h5-7,11H,2-4H2,1H3. The zero-order chi connectivity index (χ0) is 8.10. The van der Waals surface area contributed by atoms with Crippen molar-refractivity contribution in [3.8, 4) is 0 Å². The molecule has 1 rings (SSSR count). The van der Waals surface area contributed by atoms with Crippen LogP contribution in [0.15, 0.2) is 23.4 Å². The lowest BCUT2D eigenvalue weighted by molar-refractivity contribution is 0.790. The minimum Gasteiger partial charge on any atom is -0.263 e. The van der Waals surface area contributed by atoms with Gasteiger partial charge in [-0.3, -0.25) is 4.98 Å². The van der Waals surface area contributed by atoms with Crippen LogP contribution in [0.4, 0.5) is 0 Å². The summed E-state index contributed by atoms with van der Waals surface area (Å²) in [5, 5.41) is 0. The van der Waals surface area contributed by atoms with E-state index >= 15 is 0 Å². The highest BCUT2D eigenvalue weighted by Crippen LogP contribution is 2.08. The van der Waals surface area contributed by atoms with E-state index in [9.17, 15) is 0 Å². The number of rotatable bonds is 3. The van der Waals surface area contributed by atoms with E-state index < -0.39 is 0 Å². The Morgan fingerprint density at radius 1 is 1.45 bits per heavy atom. The van der Waals surface area contributed by atoms with Gasteiger partial charge in [0.05, 0.1) is 0 Å². The molecule has 2 heteroatoms. The summed E-state index contributed by atoms with van der Waals surface area (Å²) < 4.78 is 0. The molecule has 0 aliphatic rings. The van der Waals surface area contributed by atoms with Gasteiger partial charge in [-0.05, 0) is 24.5 Å². The minimum absolute atomic E-state index is 0.957. The van der Waals surface area contributed by atoms with Crippen LogP contribution >= 0.6 is 12.6 Å². The van der Waals surface area contributed by atoms with Gasteiger partial charge in [0.15, 0.2) is 0 Å². The molecule has 0 aliphatic heterocycles. The van der Waals surface area contributed by atoms with Crippen molar-refractivity contribution in [1.29, 1.82) is 0 Å². The first-order valence-corrected chi connectivity index (χ1v) is 4.40. The van der Waals surface area contributed by atoms with Crippen LogP contribution in [0.3, 0.4) is 0 Å². The summed E-state index contributed by atoms with van der Waals surface area (Å²) in [4.78, 5) is 5.02. The van der Waals surface area contributed by atoms with Crippen LogP contribution in [0, 0.1) is 0 Å². The number of aromatic nitrogens is 1. The SMILES string of the molecule is CCCCc1cncc(S)c1. The molecule has 0 saturated heterocycles. The first-order valence-electron chi connectivity index (χ1n) is 3.96. The predicted molar refractivity (Wildman–Crippen MR) is 50.1 cm³/mol. The average Bonchev–Trinajstić information content (AvgIpc) is 2.01. The average molecular weight is 167 g/mol. The molecule has 1 aromatic rings. The van der Waals surface area contributed by atoms with E-state index in [1.807, 2.05) is 6.20 Å². The second-order valence-corrected chi connectivity index (χ2v) is 3.17. The third-order valence-corrected chi connectivity index (χ3v) is 1.84. The van der Waals surface area contributed by atoms with Gasteiger partial charge < -0.3 is 0 Å². The van der Waals surface area contributed by atoms with E-state index in [-0.39, 0.29) is 0 Å². The van der Waals surface area contributed by atoms with Gasteiger partial charge in [0.2, 0.25) is 0 Å². The van der Waals surface area contributed by atoms with Crippen LogP contribution in [0.5, 0.6) is 0 Å². The minimum atomic E-state index is 0.957.